The molecule has 0 spiro atoms. The van der Waals surface area contributed by atoms with E-state index in [9.17, 15) is 9.18 Å². The van der Waals surface area contributed by atoms with Crippen LogP contribution in [0.5, 0.6) is 0 Å². The number of hydrogen-bond donors (Lipinski definition) is 1. The standard InChI is InChI=1S/C15H10ClFN2O3/c1-8-6-14(19-22-8)18-15(20)13-5-4-12(21-13)9-2-3-11(17)10(16)7-9/h2-7H,1H3,(H,18,19,20). The average molecular weight is 321 g/mol. The number of amides is 1. The van der Waals surface area contributed by atoms with Crippen LogP contribution in [0, 0.1) is 12.7 Å². The Morgan fingerprint density at radius 3 is 2.77 bits per heavy atom. The van der Waals surface area contributed by atoms with E-state index >= 15 is 0 Å². The molecule has 1 N–H and O–H groups in total. The van der Waals surface area contributed by atoms with Crippen molar-refractivity contribution >= 4 is 23.3 Å². The molecule has 0 radical (unpaired) electrons. The summed E-state index contributed by atoms with van der Waals surface area (Å²) in [5.74, 6) is 0.394. The third-order valence-electron chi connectivity index (χ3n) is 2.90. The fraction of sp³-hybridized carbons (Fsp3) is 0.0667. The van der Waals surface area contributed by atoms with Gasteiger partial charge in [0, 0.05) is 11.6 Å². The molecule has 0 aliphatic heterocycles. The van der Waals surface area contributed by atoms with E-state index in [1.807, 2.05) is 0 Å². The van der Waals surface area contributed by atoms with Gasteiger partial charge in [0.15, 0.2) is 11.6 Å². The van der Waals surface area contributed by atoms with Crippen LogP contribution in [0.15, 0.2) is 45.3 Å². The van der Waals surface area contributed by atoms with Crippen molar-refractivity contribution in [2.45, 2.75) is 6.92 Å². The second kappa shape index (κ2) is 5.65. The number of nitrogens with one attached hydrogen (secondary N) is 1. The van der Waals surface area contributed by atoms with Crippen LogP contribution >= 0.6 is 11.6 Å². The summed E-state index contributed by atoms with van der Waals surface area (Å²) < 4.78 is 23.5. The molecule has 0 aliphatic rings. The Labute approximate surface area is 129 Å². The maximum Gasteiger partial charge on any atom is 0.292 e. The second-order valence-electron chi connectivity index (χ2n) is 4.57. The molecule has 3 rings (SSSR count). The predicted molar refractivity (Wildman–Crippen MR) is 78.3 cm³/mol. The summed E-state index contributed by atoms with van der Waals surface area (Å²) in [5.41, 5.74) is 0.572. The van der Waals surface area contributed by atoms with Crippen molar-refractivity contribution in [3.63, 3.8) is 0 Å². The Hall–Kier alpha value is -2.60. The van der Waals surface area contributed by atoms with Gasteiger partial charge >= 0.3 is 0 Å². The molecule has 0 bridgehead atoms. The van der Waals surface area contributed by atoms with E-state index in [2.05, 4.69) is 10.5 Å². The molecule has 0 atom stereocenters. The van der Waals surface area contributed by atoms with Gasteiger partial charge in [0.05, 0.1) is 5.02 Å². The molecule has 0 unspecified atom stereocenters. The van der Waals surface area contributed by atoms with E-state index in [0.29, 0.717) is 22.9 Å². The van der Waals surface area contributed by atoms with Crippen molar-refractivity contribution < 1.29 is 18.1 Å². The summed E-state index contributed by atoms with van der Waals surface area (Å²) in [6, 6.07) is 8.88. The third kappa shape index (κ3) is 2.87. The lowest BCUT2D eigenvalue weighted by molar-refractivity contribution is 0.0996. The SMILES string of the molecule is Cc1cc(NC(=O)c2ccc(-c3ccc(F)c(Cl)c3)o2)no1. The summed E-state index contributed by atoms with van der Waals surface area (Å²) >= 11 is 5.73. The van der Waals surface area contributed by atoms with Crippen molar-refractivity contribution in [3.8, 4) is 11.3 Å². The fourth-order valence-corrected chi connectivity index (χ4v) is 2.05. The first-order valence-electron chi connectivity index (χ1n) is 6.33. The van der Waals surface area contributed by atoms with E-state index in [0.717, 1.165) is 0 Å². The number of aromatic nitrogens is 1. The molecule has 0 aliphatic carbocycles. The van der Waals surface area contributed by atoms with Gasteiger partial charge in [0.25, 0.3) is 5.91 Å². The number of hydrogen-bond acceptors (Lipinski definition) is 4. The number of benzene rings is 1. The zero-order valence-corrected chi connectivity index (χ0v) is 12.1. The zero-order chi connectivity index (χ0) is 15.7. The molecule has 5 nitrogen and oxygen atoms in total. The highest BCUT2D eigenvalue weighted by Gasteiger charge is 2.14. The lowest BCUT2D eigenvalue weighted by atomic mass is 10.2. The number of aryl methyl sites for hydroxylation is 1. The highest BCUT2D eigenvalue weighted by molar-refractivity contribution is 6.31. The van der Waals surface area contributed by atoms with Crippen LogP contribution in [0.4, 0.5) is 10.2 Å². The van der Waals surface area contributed by atoms with Crippen LogP contribution in [-0.2, 0) is 0 Å². The van der Waals surface area contributed by atoms with Crippen LogP contribution in [0.25, 0.3) is 11.3 Å². The predicted octanol–water partition coefficient (Wildman–Crippen LogP) is 4.29. The smallest absolute Gasteiger partial charge is 0.292 e. The molecule has 0 saturated heterocycles. The van der Waals surface area contributed by atoms with Gasteiger partial charge in [-0.25, -0.2) is 4.39 Å². The Morgan fingerprint density at radius 1 is 1.27 bits per heavy atom. The molecule has 1 aromatic carbocycles. The van der Waals surface area contributed by atoms with Crippen molar-refractivity contribution in [3.05, 3.63) is 58.8 Å². The van der Waals surface area contributed by atoms with Crippen molar-refractivity contribution in [1.29, 1.82) is 0 Å². The molecule has 7 heteroatoms. The van der Waals surface area contributed by atoms with Crippen LogP contribution in [0.1, 0.15) is 16.3 Å². The number of furan rings is 1. The Kier molecular flexibility index (Phi) is 3.68. The van der Waals surface area contributed by atoms with Gasteiger partial charge in [-0.2, -0.15) is 0 Å². The Bertz CT molecular complexity index is 841. The van der Waals surface area contributed by atoms with Crippen LogP contribution in [0.2, 0.25) is 5.02 Å². The number of carbonyl (C=O) groups is 1. The first kappa shape index (κ1) is 14.3. The molecule has 112 valence electrons. The molecule has 2 aromatic heterocycles. The summed E-state index contributed by atoms with van der Waals surface area (Å²) in [7, 11) is 0. The Balaban J connectivity index is 1.80. The number of nitrogens with zero attached hydrogens (tertiary/aromatic N) is 1. The number of carbonyl (C=O) groups excluding carboxylic acids is 1. The van der Waals surface area contributed by atoms with E-state index in [1.165, 1.54) is 24.3 Å². The molecule has 1 amide bonds. The molecule has 3 aromatic rings. The quantitative estimate of drug-likeness (QED) is 0.781. The van der Waals surface area contributed by atoms with E-state index in [-0.39, 0.29) is 10.8 Å². The summed E-state index contributed by atoms with van der Waals surface area (Å²) in [6.45, 7) is 1.71. The van der Waals surface area contributed by atoms with Crippen molar-refractivity contribution in [1.82, 2.24) is 5.16 Å². The normalized spacial score (nSPS) is 10.7. The fourth-order valence-electron chi connectivity index (χ4n) is 1.87. The molecular formula is C15H10ClFN2O3. The lowest BCUT2D eigenvalue weighted by Gasteiger charge is -2.00. The monoisotopic (exact) mass is 320 g/mol. The topological polar surface area (TPSA) is 68.3 Å². The van der Waals surface area contributed by atoms with Crippen LogP contribution in [-0.4, -0.2) is 11.1 Å². The summed E-state index contributed by atoms with van der Waals surface area (Å²) in [5, 5.41) is 6.18. The van der Waals surface area contributed by atoms with E-state index in [1.54, 1.807) is 19.1 Å². The molecule has 0 fully saturated rings. The minimum absolute atomic E-state index is 0.0158. The second-order valence-corrected chi connectivity index (χ2v) is 4.98. The third-order valence-corrected chi connectivity index (χ3v) is 3.19. The number of anilines is 1. The lowest BCUT2D eigenvalue weighted by Crippen LogP contribution is -2.10. The number of rotatable bonds is 3. The summed E-state index contributed by atoms with van der Waals surface area (Å²) in [4.78, 5) is 12.0. The minimum atomic E-state index is -0.517. The van der Waals surface area contributed by atoms with Crippen LogP contribution in [0.3, 0.4) is 0 Å². The van der Waals surface area contributed by atoms with E-state index < -0.39 is 11.7 Å². The van der Waals surface area contributed by atoms with Crippen molar-refractivity contribution in [2.24, 2.45) is 0 Å². The molecule has 2 heterocycles. The van der Waals surface area contributed by atoms with Gasteiger partial charge in [-0.3, -0.25) is 4.79 Å². The molecule has 22 heavy (non-hydrogen) atoms. The Morgan fingerprint density at radius 2 is 2.09 bits per heavy atom. The first-order chi connectivity index (χ1) is 10.5. The van der Waals surface area contributed by atoms with Gasteiger partial charge in [-0.1, -0.05) is 16.8 Å². The van der Waals surface area contributed by atoms with Gasteiger partial charge < -0.3 is 14.3 Å². The van der Waals surface area contributed by atoms with Crippen molar-refractivity contribution in [2.75, 3.05) is 5.32 Å². The molecular weight excluding hydrogens is 311 g/mol. The highest BCUT2D eigenvalue weighted by Crippen LogP contribution is 2.26. The van der Waals surface area contributed by atoms with E-state index in [4.69, 9.17) is 20.5 Å². The van der Waals surface area contributed by atoms with Crippen LogP contribution < -0.4 is 5.32 Å². The largest absolute Gasteiger partial charge is 0.451 e. The maximum atomic E-state index is 13.1. The van der Waals surface area contributed by atoms with Gasteiger partial charge in [0.2, 0.25) is 0 Å². The van der Waals surface area contributed by atoms with Gasteiger partial charge in [-0.05, 0) is 37.3 Å². The van der Waals surface area contributed by atoms with Gasteiger partial charge in [-0.15, -0.1) is 0 Å². The number of halogens is 2. The first-order valence-corrected chi connectivity index (χ1v) is 6.70. The minimum Gasteiger partial charge on any atom is -0.451 e. The van der Waals surface area contributed by atoms with Gasteiger partial charge in [0.1, 0.15) is 17.3 Å². The highest BCUT2D eigenvalue weighted by atomic mass is 35.5. The summed E-state index contributed by atoms with van der Waals surface area (Å²) in [6.07, 6.45) is 0. The zero-order valence-electron chi connectivity index (χ0n) is 11.4. The maximum absolute atomic E-state index is 13.1. The molecule has 0 saturated carbocycles. The average Bonchev–Trinajstić information content (AvgIpc) is 3.11.